The van der Waals surface area contributed by atoms with Gasteiger partial charge in [-0.3, -0.25) is 19.1 Å². The van der Waals surface area contributed by atoms with Gasteiger partial charge >= 0.3 is 11.9 Å². The number of nitrogens with one attached hydrogen (secondary N) is 3. The van der Waals surface area contributed by atoms with Gasteiger partial charge in [-0.1, -0.05) is 26.0 Å². The molecule has 1 heterocycles. The van der Waals surface area contributed by atoms with Crippen LogP contribution in [0.25, 0.3) is 0 Å². The van der Waals surface area contributed by atoms with Crippen molar-refractivity contribution in [2.45, 2.75) is 71.8 Å². The number of nitrogens with zero attached hydrogens (tertiary/aromatic N) is 2. The molecule has 0 saturated heterocycles. The first-order valence-corrected chi connectivity index (χ1v) is 17.9. The quantitative estimate of drug-likeness (QED) is 0.0648. The van der Waals surface area contributed by atoms with E-state index in [2.05, 4.69) is 51.3 Å². The van der Waals surface area contributed by atoms with Crippen LogP contribution >= 0.6 is 11.9 Å². The molecule has 16 heteroatoms. The number of carbonyl (C=O) groups is 4. The summed E-state index contributed by atoms with van der Waals surface area (Å²) >= 11 is 1.36. The highest BCUT2D eigenvalue weighted by Gasteiger charge is 2.37. The largest absolute Gasteiger partial charge is 0.480 e. The molecule has 0 atom stereocenters. The van der Waals surface area contributed by atoms with E-state index in [1.54, 1.807) is 0 Å². The molecule has 2 amide bonds. The van der Waals surface area contributed by atoms with Crippen molar-refractivity contribution in [3.05, 3.63) is 47.8 Å². The first-order chi connectivity index (χ1) is 24.5. The highest BCUT2D eigenvalue weighted by Crippen LogP contribution is 2.38. The topological polar surface area (TPSA) is 197 Å². The average molecular weight is 750 g/mol. The van der Waals surface area contributed by atoms with E-state index in [0.29, 0.717) is 17.9 Å². The lowest BCUT2D eigenvalue weighted by molar-refractivity contribution is -0.167. The number of carbonyl (C=O) groups excluding carboxylic acids is 3. The van der Waals surface area contributed by atoms with Gasteiger partial charge in [-0.15, -0.1) is 0 Å². The van der Waals surface area contributed by atoms with E-state index in [9.17, 15) is 19.2 Å². The summed E-state index contributed by atoms with van der Waals surface area (Å²) in [4.78, 5) is 56.7. The Morgan fingerprint density at radius 3 is 1.88 bits per heavy atom. The third-order valence-corrected chi connectivity index (χ3v) is 7.75. The maximum atomic E-state index is 12.8. The molecule has 4 N–H and O–H groups in total. The second-order valence-electron chi connectivity index (χ2n) is 14.4. The zero-order valence-corrected chi connectivity index (χ0v) is 32.2. The lowest BCUT2D eigenvalue weighted by atomic mass is 9.72. The van der Waals surface area contributed by atoms with Crippen LogP contribution in [0.4, 0.5) is 5.95 Å². The van der Waals surface area contributed by atoms with Crippen LogP contribution in [0.1, 0.15) is 70.8 Å². The summed E-state index contributed by atoms with van der Waals surface area (Å²) in [5.41, 5.74) is 0.227. The molecule has 290 valence electrons. The van der Waals surface area contributed by atoms with Gasteiger partial charge in [0.2, 0.25) is 11.9 Å². The van der Waals surface area contributed by atoms with Crippen molar-refractivity contribution in [3.8, 4) is 0 Å². The average Bonchev–Trinajstić information content (AvgIpc) is 3.05. The monoisotopic (exact) mass is 749 g/mol. The summed E-state index contributed by atoms with van der Waals surface area (Å²) in [5.74, 6) is -1.50. The van der Waals surface area contributed by atoms with Gasteiger partial charge in [-0.25, -0.2) is 14.8 Å². The van der Waals surface area contributed by atoms with Crippen LogP contribution < -0.4 is 15.4 Å². The second-order valence-corrected chi connectivity index (χ2v) is 15.3. The van der Waals surface area contributed by atoms with Gasteiger partial charge in [0.1, 0.15) is 18.8 Å². The number of carboxylic acid groups (broad SMARTS) is 1. The molecule has 0 aliphatic rings. The first-order valence-electron chi connectivity index (χ1n) is 17.1. The normalized spacial score (nSPS) is 11.9. The lowest BCUT2D eigenvalue weighted by Crippen LogP contribution is -2.37. The number of hydrogen-bond donors (Lipinski definition) is 4. The predicted octanol–water partition coefficient (Wildman–Crippen LogP) is 3.92. The van der Waals surface area contributed by atoms with Crippen LogP contribution in [-0.4, -0.2) is 110 Å². The summed E-state index contributed by atoms with van der Waals surface area (Å²) in [6.07, 6.45) is 4.38. The molecule has 2 rings (SSSR count). The molecule has 0 unspecified atom stereocenters. The molecule has 1 aromatic carbocycles. The third-order valence-electron chi connectivity index (χ3n) is 6.96. The fourth-order valence-corrected chi connectivity index (χ4v) is 5.58. The molecule has 52 heavy (non-hydrogen) atoms. The van der Waals surface area contributed by atoms with Crippen molar-refractivity contribution in [1.82, 2.24) is 20.6 Å². The van der Waals surface area contributed by atoms with Gasteiger partial charge in [0, 0.05) is 30.4 Å². The number of amides is 2. The molecular weight excluding hydrogens is 694 g/mol. The Morgan fingerprint density at radius 2 is 1.31 bits per heavy atom. The Bertz CT molecular complexity index is 1400. The molecule has 0 spiro atoms. The Hall–Kier alpha value is -3.83. The Labute approximate surface area is 310 Å². The number of hydrogen-bond acceptors (Lipinski definition) is 13. The Morgan fingerprint density at radius 1 is 0.750 bits per heavy atom. The van der Waals surface area contributed by atoms with Crippen molar-refractivity contribution < 1.29 is 48.0 Å². The highest BCUT2D eigenvalue weighted by atomic mass is 32.2. The number of benzene rings is 1. The molecule has 0 radical (unpaired) electrons. The number of ether oxygens (including phenoxy) is 5. The number of esters is 1. The zero-order valence-electron chi connectivity index (χ0n) is 31.4. The first kappa shape index (κ1) is 44.3. The molecule has 0 fully saturated rings. The van der Waals surface area contributed by atoms with Crippen LogP contribution in [-0.2, 0) is 44.5 Å². The van der Waals surface area contributed by atoms with Gasteiger partial charge in [-0.05, 0) is 82.5 Å². The predicted molar refractivity (Wildman–Crippen MR) is 196 cm³/mol. The van der Waals surface area contributed by atoms with Gasteiger partial charge in [0.05, 0.1) is 50.6 Å². The van der Waals surface area contributed by atoms with E-state index in [0.717, 1.165) is 11.3 Å². The fourth-order valence-electron chi connectivity index (χ4n) is 4.99. The molecule has 2 aromatic rings. The molecule has 0 aliphatic carbocycles. The van der Waals surface area contributed by atoms with Gasteiger partial charge in [-0.2, -0.15) is 0 Å². The maximum Gasteiger partial charge on any atom is 0.329 e. The number of rotatable bonds is 25. The van der Waals surface area contributed by atoms with Gasteiger partial charge in [0.15, 0.2) is 0 Å². The molecule has 1 aromatic heterocycles. The second kappa shape index (κ2) is 22.3. The maximum absolute atomic E-state index is 12.8. The van der Waals surface area contributed by atoms with Crippen LogP contribution in [0.2, 0.25) is 0 Å². The van der Waals surface area contributed by atoms with Crippen molar-refractivity contribution in [2.24, 2.45) is 10.8 Å². The summed E-state index contributed by atoms with van der Waals surface area (Å²) in [6, 6.07) is 8.18. The summed E-state index contributed by atoms with van der Waals surface area (Å²) in [7, 11) is 0. The van der Waals surface area contributed by atoms with E-state index in [1.165, 1.54) is 29.9 Å². The van der Waals surface area contributed by atoms with Crippen LogP contribution in [0.15, 0.2) is 41.6 Å². The van der Waals surface area contributed by atoms with E-state index in [1.807, 2.05) is 46.8 Å². The Kier molecular flexibility index (Phi) is 19.0. The SMILES string of the molecule is CC(C)(Cc1ccc(SNc2ncc(C(=O)NCCOCCOCC(=O)NCCOCCOCC(=O)O)cn2)cc1)CC(C)(C)C(=O)OC(C)(C)C. The van der Waals surface area contributed by atoms with Gasteiger partial charge in [0.25, 0.3) is 5.91 Å². The fraction of sp³-hybridized carbons (Fsp3) is 0.611. The minimum absolute atomic E-state index is 0.122. The third kappa shape index (κ3) is 19.7. The number of aliphatic carboxylic acids is 1. The van der Waals surface area contributed by atoms with E-state index >= 15 is 0 Å². The molecule has 15 nitrogen and oxygen atoms in total. The smallest absolute Gasteiger partial charge is 0.329 e. The minimum Gasteiger partial charge on any atom is -0.480 e. The van der Waals surface area contributed by atoms with Crippen molar-refractivity contribution in [1.29, 1.82) is 0 Å². The van der Waals surface area contributed by atoms with Crippen molar-refractivity contribution >= 4 is 41.6 Å². The zero-order chi connectivity index (χ0) is 38.6. The van der Waals surface area contributed by atoms with E-state index in [-0.39, 0.29) is 89.1 Å². The van der Waals surface area contributed by atoms with Crippen molar-refractivity contribution in [3.63, 3.8) is 0 Å². The molecule has 0 bridgehead atoms. The Balaban J connectivity index is 1.59. The molecular formula is C36H55N5O10S. The van der Waals surface area contributed by atoms with E-state index in [4.69, 9.17) is 28.8 Å². The van der Waals surface area contributed by atoms with Gasteiger partial charge < -0.3 is 39.4 Å². The van der Waals surface area contributed by atoms with E-state index < -0.39 is 17.0 Å². The van der Waals surface area contributed by atoms with Crippen LogP contribution in [0, 0.1) is 10.8 Å². The summed E-state index contributed by atoms with van der Waals surface area (Å²) < 4.78 is 29.5. The van der Waals surface area contributed by atoms with Crippen LogP contribution in [0.5, 0.6) is 0 Å². The van der Waals surface area contributed by atoms with Crippen molar-refractivity contribution in [2.75, 3.05) is 70.7 Å². The van der Waals surface area contributed by atoms with Crippen LogP contribution in [0.3, 0.4) is 0 Å². The number of carboxylic acids is 1. The molecule has 0 saturated carbocycles. The highest BCUT2D eigenvalue weighted by molar-refractivity contribution is 8.00. The summed E-state index contributed by atoms with van der Waals surface area (Å²) in [5, 5.41) is 13.8. The molecule has 0 aliphatic heterocycles. The summed E-state index contributed by atoms with van der Waals surface area (Å²) in [6.45, 7) is 15.3. The standard InChI is InChI=1S/C36H55N5O10S/c1-34(2,3)51-32(46)36(6,7)25-35(4,5)20-26-8-10-28(11-9-26)52-41-33-39-21-27(22-40-33)31(45)38-13-15-48-16-18-49-23-29(42)37-12-14-47-17-19-50-24-30(43)44/h8-11,21-22H,12-20,23-25H2,1-7H3,(H,37,42)(H,38,45)(H,43,44)(H,39,40,41). The minimum atomic E-state index is -1.04. The number of anilines is 1. The number of aromatic nitrogens is 2. The lowest BCUT2D eigenvalue weighted by Gasteiger charge is -2.35.